The molecule has 3 nitrogen and oxygen atoms in total. The first-order valence-electron chi connectivity index (χ1n) is 9.76. The van der Waals surface area contributed by atoms with Crippen LogP contribution in [-0.4, -0.2) is 23.9 Å². The lowest BCUT2D eigenvalue weighted by Gasteiger charge is -2.32. The van der Waals surface area contributed by atoms with Gasteiger partial charge < -0.3 is 5.32 Å². The Morgan fingerprint density at radius 1 is 1.11 bits per heavy atom. The second kappa shape index (κ2) is 8.66. The van der Waals surface area contributed by atoms with E-state index in [1.165, 1.54) is 23.3 Å². The van der Waals surface area contributed by atoms with E-state index in [2.05, 4.69) is 42.3 Å². The third-order valence-corrected chi connectivity index (χ3v) is 5.67. The summed E-state index contributed by atoms with van der Waals surface area (Å²) < 4.78 is 13.0. The Hall–Kier alpha value is -2.20. The summed E-state index contributed by atoms with van der Waals surface area (Å²) in [6.45, 7) is 8.85. The van der Waals surface area contributed by atoms with E-state index in [9.17, 15) is 9.18 Å². The van der Waals surface area contributed by atoms with Gasteiger partial charge in [0.2, 0.25) is 5.91 Å². The lowest BCUT2D eigenvalue weighted by molar-refractivity contribution is -0.127. The first-order chi connectivity index (χ1) is 12.9. The molecule has 1 aliphatic heterocycles. The first-order valence-corrected chi connectivity index (χ1v) is 9.76. The number of carbonyl (C=O) groups is 1. The van der Waals surface area contributed by atoms with Gasteiger partial charge in [0.15, 0.2) is 0 Å². The quantitative estimate of drug-likeness (QED) is 0.841. The summed E-state index contributed by atoms with van der Waals surface area (Å²) in [7, 11) is 0. The Labute approximate surface area is 161 Å². The SMILES string of the molecule is Cc1ccc([C@H](C)NC(=O)C2CCN(Cc3ccc(F)cc3)CC2)cc1C. The van der Waals surface area contributed by atoms with E-state index in [1.807, 2.05) is 19.1 Å². The van der Waals surface area contributed by atoms with Crippen LogP contribution in [0.25, 0.3) is 0 Å². The van der Waals surface area contributed by atoms with Gasteiger partial charge in [0.05, 0.1) is 6.04 Å². The minimum Gasteiger partial charge on any atom is -0.349 e. The van der Waals surface area contributed by atoms with E-state index in [1.54, 1.807) is 0 Å². The van der Waals surface area contributed by atoms with Crippen molar-refractivity contribution in [3.8, 4) is 0 Å². The molecule has 4 heteroatoms. The number of hydrogen-bond donors (Lipinski definition) is 1. The van der Waals surface area contributed by atoms with Crippen molar-refractivity contribution >= 4 is 5.91 Å². The minimum atomic E-state index is -0.202. The molecule has 1 heterocycles. The van der Waals surface area contributed by atoms with Gasteiger partial charge in [0.1, 0.15) is 5.82 Å². The molecule has 0 aromatic heterocycles. The highest BCUT2D eigenvalue weighted by molar-refractivity contribution is 5.79. The van der Waals surface area contributed by atoms with E-state index in [0.717, 1.165) is 43.6 Å². The summed E-state index contributed by atoms with van der Waals surface area (Å²) in [5.74, 6) is 0.0256. The smallest absolute Gasteiger partial charge is 0.223 e. The number of carbonyl (C=O) groups excluding carboxylic acids is 1. The standard InChI is InChI=1S/C23H29FN2O/c1-16-4-7-21(14-17(16)2)18(3)25-23(27)20-10-12-26(13-11-20)15-19-5-8-22(24)9-6-19/h4-9,14,18,20H,10-13,15H2,1-3H3,(H,25,27)/t18-/m0/s1. The molecule has 1 atom stereocenters. The molecular formula is C23H29FN2O. The first kappa shape index (κ1) is 19.6. The number of nitrogens with zero attached hydrogens (tertiary/aromatic N) is 1. The Bertz CT molecular complexity index is 779. The average molecular weight is 368 g/mol. The van der Waals surface area contributed by atoms with E-state index in [-0.39, 0.29) is 23.7 Å². The highest BCUT2D eigenvalue weighted by atomic mass is 19.1. The molecule has 0 radical (unpaired) electrons. The third kappa shape index (κ3) is 5.16. The third-order valence-electron chi connectivity index (χ3n) is 5.67. The van der Waals surface area contributed by atoms with Crippen LogP contribution in [0.1, 0.15) is 48.1 Å². The van der Waals surface area contributed by atoms with Gasteiger partial charge in [-0.05, 0) is 81.1 Å². The van der Waals surface area contributed by atoms with Gasteiger partial charge in [-0.2, -0.15) is 0 Å². The number of amides is 1. The number of benzene rings is 2. The van der Waals surface area contributed by atoms with Gasteiger partial charge in [0.25, 0.3) is 0 Å². The Balaban J connectivity index is 1.49. The number of hydrogen-bond acceptors (Lipinski definition) is 2. The summed E-state index contributed by atoms with van der Waals surface area (Å²) in [5.41, 5.74) is 4.79. The number of nitrogens with one attached hydrogen (secondary N) is 1. The van der Waals surface area contributed by atoms with Gasteiger partial charge in [-0.25, -0.2) is 4.39 Å². The summed E-state index contributed by atoms with van der Waals surface area (Å²) in [6, 6.07) is 13.1. The van der Waals surface area contributed by atoms with Crippen LogP contribution in [0.2, 0.25) is 0 Å². The van der Waals surface area contributed by atoms with E-state index >= 15 is 0 Å². The number of likely N-dealkylation sites (tertiary alicyclic amines) is 1. The maximum atomic E-state index is 13.0. The zero-order valence-corrected chi connectivity index (χ0v) is 16.5. The summed E-state index contributed by atoms with van der Waals surface area (Å²) >= 11 is 0. The molecule has 0 bridgehead atoms. The van der Waals surface area contributed by atoms with Crippen molar-refractivity contribution in [2.75, 3.05) is 13.1 Å². The van der Waals surface area contributed by atoms with Gasteiger partial charge >= 0.3 is 0 Å². The summed E-state index contributed by atoms with van der Waals surface area (Å²) in [6.07, 6.45) is 1.74. The lowest BCUT2D eigenvalue weighted by Crippen LogP contribution is -2.40. The van der Waals surface area contributed by atoms with Crippen molar-refractivity contribution < 1.29 is 9.18 Å². The highest BCUT2D eigenvalue weighted by Crippen LogP contribution is 2.22. The van der Waals surface area contributed by atoms with E-state index < -0.39 is 0 Å². The zero-order chi connectivity index (χ0) is 19.4. The Morgan fingerprint density at radius 2 is 1.78 bits per heavy atom. The molecule has 2 aromatic rings. The molecule has 1 fully saturated rings. The van der Waals surface area contributed by atoms with Crippen molar-refractivity contribution in [3.63, 3.8) is 0 Å². The molecule has 1 N–H and O–H groups in total. The number of rotatable bonds is 5. The van der Waals surface area contributed by atoms with E-state index in [4.69, 9.17) is 0 Å². The van der Waals surface area contributed by atoms with Crippen molar-refractivity contribution in [2.45, 2.75) is 46.2 Å². The van der Waals surface area contributed by atoms with Crippen molar-refractivity contribution in [2.24, 2.45) is 5.92 Å². The van der Waals surface area contributed by atoms with Crippen LogP contribution in [0.4, 0.5) is 4.39 Å². The predicted molar refractivity (Wildman–Crippen MR) is 107 cm³/mol. The fourth-order valence-electron chi connectivity index (χ4n) is 3.65. The van der Waals surface area contributed by atoms with Crippen molar-refractivity contribution in [3.05, 3.63) is 70.5 Å². The Kier molecular flexibility index (Phi) is 6.27. The maximum Gasteiger partial charge on any atom is 0.223 e. The van der Waals surface area contributed by atoms with Crippen LogP contribution >= 0.6 is 0 Å². The molecule has 144 valence electrons. The molecule has 3 rings (SSSR count). The van der Waals surface area contributed by atoms with Crippen molar-refractivity contribution in [1.82, 2.24) is 10.2 Å². The van der Waals surface area contributed by atoms with Gasteiger partial charge in [-0.1, -0.05) is 30.3 Å². The van der Waals surface area contributed by atoms with Gasteiger partial charge in [0, 0.05) is 12.5 Å². The monoisotopic (exact) mass is 368 g/mol. The molecule has 27 heavy (non-hydrogen) atoms. The van der Waals surface area contributed by atoms with Crippen LogP contribution in [0.3, 0.4) is 0 Å². The van der Waals surface area contributed by atoms with Gasteiger partial charge in [-0.15, -0.1) is 0 Å². The molecule has 1 aliphatic rings. The fourth-order valence-corrected chi connectivity index (χ4v) is 3.65. The molecule has 0 saturated carbocycles. The molecule has 0 unspecified atom stereocenters. The van der Waals surface area contributed by atoms with Crippen LogP contribution in [-0.2, 0) is 11.3 Å². The maximum absolute atomic E-state index is 13.0. The molecule has 0 spiro atoms. The number of aryl methyl sites for hydroxylation is 2. The fraction of sp³-hybridized carbons (Fsp3) is 0.435. The Morgan fingerprint density at radius 3 is 2.41 bits per heavy atom. The highest BCUT2D eigenvalue weighted by Gasteiger charge is 2.26. The van der Waals surface area contributed by atoms with E-state index in [0.29, 0.717) is 0 Å². The minimum absolute atomic E-state index is 0.0223. The molecule has 1 saturated heterocycles. The largest absolute Gasteiger partial charge is 0.349 e. The average Bonchev–Trinajstić information content (AvgIpc) is 2.66. The summed E-state index contributed by atoms with van der Waals surface area (Å²) in [5, 5.41) is 3.18. The summed E-state index contributed by atoms with van der Waals surface area (Å²) in [4.78, 5) is 15.0. The van der Waals surface area contributed by atoms with Crippen LogP contribution in [0.15, 0.2) is 42.5 Å². The second-order valence-electron chi connectivity index (χ2n) is 7.75. The molecule has 2 aromatic carbocycles. The molecule has 0 aliphatic carbocycles. The number of halogens is 1. The second-order valence-corrected chi connectivity index (χ2v) is 7.75. The van der Waals surface area contributed by atoms with Crippen molar-refractivity contribution in [1.29, 1.82) is 0 Å². The van der Waals surface area contributed by atoms with Crippen LogP contribution in [0, 0.1) is 25.6 Å². The topological polar surface area (TPSA) is 32.3 Å². The molecule has 1 amide bonds. The van der Waals surface area contributed by atoms with Crippen LogP contribution < -0.4 is 5.32 Å². The predicted octanol–water partition coefficient (Wildman–Crippen LogP) is 4.53. The van der Waals surface area contributed by atoms with Crippen LogP contribution in [0.5, 0.6) is 0 Å². The lowest BCUT2D eigenvalue weighted by atomic mass is 9.94. The normalized spacial score (nSPS) is 16.9. The van der Waals surface area contributed by atoms with Gasteiger partial charge in [-0.3, -0.25) is 9.69 Å². The molecular weight excluding hydrogens is 339 g/mol. The zero-order valence-electron chi connectivity index (χ0n) is 16.5. The number of piperidine rings is 1.